The highest BCUT2D eigenvalue weighted by Gasteiger charge is 2.17. The molecule has 2 unspecified atom stereocenters. The predicted molar refractivity (Wildman–Crippen MR) is 74.1 cm³/mol. The zero-order valence-corrected chi connectivity index (χ0v) is 10.6. The van der Waals surface area contributed by atoms with Crippen molar-refractivity contribution >= 4 is 0 Å². The molecule has 0 heterocycles. The van der Waals surface area contributed by atoms with Crippen LogP contribution >= 0.6 is 0 Å². The number of nitrogens with one attached hydrogen (secondary N) is 1. The molecule has 0 spiro atoms. The van der Waals surface area contributed by atoms with Crippen LogP contribution in [0.1, 0.15) is 18.0 Å². The maximum atomic E-state index is 6.13. The first kappa shape index (κ1) is 12.7. The summed E-state index contributed by atoms with van der Waals surface area (Å²) in [7, 11) is 1.89. The number of hydrogen-bond donors (Lipinski definition) is 3. The van der Waals surface area contributed by atoms with E-state index in [1.54, 1.807) is 5.01 Å². The Labute approximate surface area is 108 Å². The summed E-state index contributed by atoms with van der Waals surface area (Å²) in [4.78, 5) is 0. The van der Waals surface area contributed by atoms with Crippen molar-refractivity contribution in [3.05, 3.63) is 59.9 Å². The van der Waals surface area contributed by atoms with E-state index in [0.29, 0.717) is 5.70 Å². The van der Waals surface area contributed by atoms with Crippen LogP contribution in [0.15, 0.2) is 54.4 Å². The Bertz CT molecular complexity index is 438. The first-order valence-electron chi connectivity index (χ1n) is 6.11. The highest BCUT2D eigenvalue weighted by Crippen LogP contribution is 2.19. The van der Waals surface area contributed by atoms with Gasteiger partial charge in [0, 0.05) is 11.9 Å². The van der Waals surface area contributed by atoms with Gasteiger partial charge in [0.05, 0.1) is 12.1 Å². The van der Waals surface area contributed by atoms with Crippen LogP contribution in [0.25, 0.3) is 0 Å². The van der Waals surface area contributed by atoms with Gasteiger partial charge in [-0.05, 0) is 19.0 Å². The topological polar surface area (TPSA) is 67.3 Å². The normalized spacial score (nSPS) is 20.3. The van der Waals surface area contributed by atoms with E-state index in [2.05, 4.69) is 17.5 Å². The van der Waals surface area contributed by atoms with Gasteiger partial charge in [-0.3, -0.25) is 0 Å². The fourth-order valence-electron chi connectivity index (χ4n) is 1.99. The smallest absolute Gasteiger partial charge is 0.0736 e. The van der Waals surface area contributed by atoms with Crippen LogP contribution in [0, 0.1) is 0 Å². The van der Waals surface area contributed by atoms with Crippen LogP contribution in [0.2, 0.25) is 0 Å². The summed E-state index contributed by atoms with van der Waals surface area (Å²) in [5.74, 6) is 5.95. The van der Waals surface area contributed by atoms with Crippen LogP contribution < -0.4 is 16.9 Å². The molecule has 1 aromatic carbocycles. The van der Waals surface area contributed by atoms with Crippen LogP contribution in [0.4, 0.5) is 0 Å². The van der Waals surface area contributed by atoms with Gasteiger partial charge in [0.2, 0.25) is 0 Å². The largest absolute Gasteiger partial charge is 0.399 e. The van der Waals surface area contributed by atoms with E-state index in [1.165, 1.54) is 0 Å². The summed E-state index contributed by atoms with van der Waals surface area (Å²) >= 11 is 0. The summed E-state index contributed by atoms with van der Waals surface area (Å²) in [5.41, 5.74) is 7.98. The second-order valence-electron chi connectivity index (χ2n) is 4.44. The fraction of sp³-hybridized carbons (Fsp3) is 0.286. The third-order valence-electron chi connectivity index (χ3n) is 3.17. The standard InChI is InChI=1S/C14H20N4/c1-17-14(11-6-3-2-4-7-11)13(15)10-18(16)12-8-5-9-12/h2-8,10,12,14,17H,9,15-16H2,1H3/b13-10-. The van der Waals surface area contributed by atoms with Gasteiger partial charge in [-0.15, -0.1) is 0 Å². The lowest BCUT2D eigenvalue weighted by molar-refractivity contribution is 0.310. The van der Waals surface area contributed by atoms with Gasteiger partial charge in [0.15, 0.2) is 0 Å². The molecule has 0 aliphatic heterocycles. The van der Waals surface area contributed by atoms with Crippen LogP contribution in [0.3, 0.4) is 0 Å². The predicted octanol–water partition coefficient (Wildman–Crippen LogP) is 1.25. The summed E-state index contributed by atoms with van der Waals surface area (Å²) < 4.78 is 0. The number of nitrogens with two attached hydrogens (primary N) is 2. The third kappa shape index (κ3) is 2.72. The molecule has 2 rings (SSSR count). The second-order valence-corrected chi connectivity index (χ2v) is 4.44. The number of benzene rings is 1. The number of hydrazine groups is 1. The molecule has 96 valence electrons. The van der Waals surface area contributed by atoms with Gasteiger partial charge < -0.3 is 16.1 Å². The number of nitrogens with zero attached hydrogens (tertiary/aromatic N) is 1. The molecule has 5 N–H and O–H groups in total. The average Bonchev–Trinajstić information content (AvgIpc) is 2.28. The molecule has 1 aromatic rings. The molecule has 0 amide bonds. The van der Waals surface area contributed by atoms with Gasteiger partial charge in [-0.1, -0.05) is 42.5 Å². The van der Waals surface area contributed by atoms with Gasteiger partial charge >= 0.3 is 0 Å². The molecule has 2 atom stereocenters. The number of likely N-dealkylation sites (N-methyl/N-ethyl adjacent to an activating group) is 1. The van der Waals surface area contributed by atoms with Gasteiger partial charge in [-0.2, -0.15) is 0 Å². The first-order valence-corrected chi connectivity index (χ1v) is 6.11. The maximum Gasteiger partial charge on any atom is 0.0736 e. The number of hydrogen-bond acceptors (Lipinski definition) is 4. The molecule has 0 radical (unpaired) electrons. The minimum Gasteiger partial charge on any atom is -0.399 e. The molecular formula is C14H20N4. The molecule has 18 heavy (non-hydrogen) atoms. The highest BCUT2D eigenvalue weighted by molar-refractivity contribution is 5.26. The summed E-state index contributed by atoms with van der Waals surface area (Å²) in [5, 5.41) is 4.87. The van der Waals surface area contributed by atoms with Crippen molar-refractivity contribution in [1.29, 1.82) is 0 Å². The summed E-state index contributed by atoms with van der Waals surface area (Å²) in [6.07, 6.45) is 6.96. The second kappa shape index (κ2) is 5.71. The van der Waals surface area contributed by atoms with Crippen molar-refractivity contribution in [3.8, 4) is 0 Å². The van der Waals surface area contributed by atoms with E-state index in [9.17, 15) is 0 Å². The van der Waals surface area contributed by atoms with Gasteiger partial charge in [0.1, 0.15) is 0 Å². The Morgan fingerprint density at radius 2 is 2.11 bits per heavy atom. The quantitative estimate of drug-likeness (QED) is 0.414. The third-order valence-corrected chi connectivity index (χ3v) is 3.17. The van der Waals surface area contributed by atoms with Crippen LogP contribution in [-0.4, -0.2) is 18.1 Å². The molecule has 0 bridgehead atoms. The molecule has 4 nitrogen and oxygen atoms in total. The van der Waals surface area contributed by atoms with E-state index in [-0.39, 0.29) is 12.1 Å². The fourth-order valence-corrected chi connectivity index (χ4v) is 1.99. The Morgan fingerprint density at radius 3 is 2.61 bits per heavy atom. The molecule has 1 aliphatic rings. The van der Waals surface area contributed by atoms with E-state index in [0.717, 1.165) is 12.0 Å². The molecule has 0 fully saturated rings. The lowest BCUT2D eigenvalue weighted by atomic mass is 10.0. The van der Waals surface area contributed by atoms with E-state index in [1.807, 2.05) is 43.6 Å². The zero-order valence-electron chi connectivity index (χ0n) is 10.6. The van der Waals surface area contributed by atoms with E-state index in [4.69, 9.17) is 11.6 Å². The minimum absolute atomic E-state index is 0.0127. The lowest BCUT2D eigenvalue weighted by Gasteiger charge is -2.29. The number of rotatable bonds is 5. The molecule has 1 aliphatic carbocycles. The molecule has 4 heteroatoms. The van der Waals surface area contributed by atoms with Gasteiger partial charge in [0.25, 0.3) is 0 Å². The molecule has 0 saturated heterocycles. The summed E-state index contributed by atoms with van der Waals surface area (Å²) in [6, 6.07) is 10.4. The van der Waals surface area contributed by atoms with Crippen molar-refractivity contribution in [2.24, 2.45) is 11.6 Å². The highest BCUT2D eigenvalue weighted by atomic mass is 15.4. The van der Waals surface area contributed by atoms with Crippen molar-refractivity contribution in [2.45, 2.75) is 18.5 Å². The first-order chi connectivity index (χ1) is 8.72. The zero-order chi connectivity index (χ0) is 13.0. The van der Waals surface area contributed by atoms with Crippen molar-refractivity contribution in [3.63, 3.8) is 0 Å². The maximum absolute atomic E-state index is 6.13. The molecule has 0 aromatic heterocycles. The van der Waals surface area contributed by atoms with Crippen molar-refractivity contribution in [1.82, 2.24) is 10.3 Å². The van der Waals surface area contributed by atoms with Crippen molar-refractivity contribution < 1.29 is 0 Å². The molecule has 0 saturated carbocycles. The van der Waals surface area contributed by atoms with E-state index < -0.39 is 0 Å². The van der Waals surface area contributed by atoms with Crippen molar-refractivity contribution in [2.75, 3.05) is 7.05 Å². The van der Waals surface area contributed by atoms with Crippen LogP contribution in [0.5, 0.6) is 0 Å². The Balaban J connectivity index is 2.12. The Kier molecular flexibility index (Phi) is 4.02. The Hall–Kier alpha value is -1.78. The monoisotopic (exact) mass is 244 g/mol. The SMILES string of the molecule is CNC(/C(N)=C/N(N)C1C=CC1)c1ccccc1. The Morgan fingerprint density at radius 1 is 1.44 bits per heavy atom. The lowest BCUT2D eigenvalue weighted by Crippen LogP contribution is -2.39. The van der Waals surface area contributed by atoms with E-state index >= 15 is 0 Å². The summed E-state index contributed by atoms with van der Waals surface area (Å²) in [6.45, 7) is 0. The minimum atomic E-state index is -0.0127. The molecular weight excluding hydrogens is 224 g/mol. The average molecular weight is 244 g/mol. The van der Waals surface area contributed by atoms with Crippen LogP contribution in [-0.2, 0) is 0 Å². The van der Waals surface area contributed by atoms with Gasteiger partial charge in [-0.25, -0.2) is 5.84 Å².